The third-order valence-electron chi connectivity index (χ3n) is 4.98. The summed E-state index contributed by atoms with van der Waals surface area (Å²) in [6.07, 6.45) is 1.60. The van der Waals surface area contributed by atoms with E-state index in [1.807, 2.05) is 29.6 Å². The zero-order valence-electron chi connectivity index (χ0n) is 18.0. The molecule has 170 valence electrons. The van der Waals surface area contributed by atoms with Crippen molar-refractivity contribution in [3.05, 3.63) is 93.4 Å². The van der Waals surface area contributed by atoms with Crippen molar-refractivity contribution >= 4 is 34.3 Å². The lowest BCUT2D eigenvalue weighted by atomic mass is 9.97. The molecule has 10 heteroatoms. The number of ether oxygens (including phenoxy) is 1. The van der Waals surface area contributed by atoms with E-state index in [0.717, 1.165) is 11.1 Å². The number of primary amides is 1. The molecule has 0 saturated heterocycles. The van der Waals surface area contributed by atoms with Crippen molar-refractivity contribution in [2.45, 2.75) is 0 Å². The standard InChI is InChI=1S/C24H19N5O4S/c1-33-22-11-8-16(19-4-2-3-5-20(19)23(25)30)12-17(22)13-26-28-24-27-21(14-34-24)15-6-9-18(10-7-15)29(31)32/h2-14H,1H3,(H2,25,30)(H,27,28)/b26-13+. The maximum Gasteiger partial charge on any atom is 0.269 e. The zero-order chi connectivity index (χ0) is 24.1. The number of carbonyl (C=O) groups excluding carboxylic acids is 1. The van der Waals surface area contributed by atoms with E-state index in [0.29, 0.717) is 33.3 Å². The molecule has 0 saturated carbocycles. The largest absolute Gasteiger partial charge is 0.496 e. The van der Waals surface area contributed by atoms with Crippen molar-refractivity contribution < 1.29 is 14.5 Å². The first kappa shape index (κ1) is 22.6. The average Bonchev–Trinajstić information content (AvgIpc) is 3.33. The number of benzene rings is 3. The highest BCUT2D eigenvalue weighted by molar-refractivity contribution is 7.14. The Kier molecular flexibility index (Phi) is 6.60. The lowest BCUT2D eigenvalue weighted by molar-refractivity contribution is -0.384. The van der Waals surface area contributed by atoms with E-state index in [1.54, 1.807) is 43.7 Å². The second-order valence-electron chi connectivity index (χ2n) is 7.08. The average molecular weight is 474 g/mol. The van der Waals surface area contributed by atoms with E-state index in [-0.39, 0.29) is 5.69 Å². The molecule has 1 heterocycles. The third kappa shape index (κ3) is 4.92. The number of non-ortho nitro benzene ring substituents is 1. The number of hydrogen-bond acceptors (Lipinski definition) is 8. The van der Waals surface area contributed by atoms with Crippen molar-refractivity contribution in [2.75, 3.05) is 12.5 Å². The summed E-state index contributed by atoms with van der Waals surface area (Å²) in [5.74, 6) is 0.104. The van der Waals surface area contributed by atoms with Gasteiger partial charge in [-0.3, -0.25) is 20.3 Å². The molecule has 3 aromatic carbocycles. The number of aromatic nitrogens is 1. The number of nitrogens with one attached hydrogen (secondary N) is 1. The minimum Gasteiger partial charge on any atom is -0.496 e. The molecule has 0 fully saturated rings. The smallest absolute Gasteiger partial charge is 0.269 e. The number of carbonyl (C=O) groups is 1. The molecule has 9 nitrogen and oxygen atoms in total. The first-order chi connectivity index (χ1) is 16.5. The van der Waals surface area contributed by atoms with Crippen molar-refractivity contribution in [3.63, 3.8) is 0 Å². The molecule has 4 aromatic rings. The Morgan fingerprint density at radius 1 is 1.15 bits per heavy atom. The number of nitro benzene ring substituents is 1. The Hall–Kier alpha value is -4.57. The Labute approximate surface area is 198 Å². The van der Waals surface area contributed by atoms with E-state index in [9.17, 15) is 14.9 Å². The predicted molar refractivity (Wildman–Crippen MR) is 132 cm³/mol. The Morgan fingerprint density at radius 3 is 2.59 bits per heavy atom. The second kappa shape index (κ2) is 9.92. The molecule has 0 unspecified atom stereocenters. The maximum absolute atomic E-state index is 11.8. The minimum atomic E-state index is -0.504. The summed E-state index contributed by atoms with van der Waals surface area (Å²) in [5, 5.41) is 17.5. The molecule has 3 N–H and O–H groups in total. The van der Waals surface area contributed by atoms with Crippen LogP contribution in [0.1, 0.15) is 15.9 Å². The van der Waals surface area contributed by atoms with Gasteiger partial charge in [-0.1, -0.05) is 24.3 Å². The Morgan fingerprint density at radius 2 is 1.88 bits per heavy atom. The highest BCUT2D eigenvalue weighted by atomic mass is 32.1. The molecule has 0 radical (unpaired) electrons. The van der Waals surface area contributed by atoms with Gasteiger partial charge in [0.1, 0.15) is 5.75 Å². The maximum atomic E-state index is 11.8. The van der Waals surface area contributed by atoms with Gasteiger partial charge in [0.2, 0.25) is 11.0 Å². The normalized spacial score (nSPS) is 10.9. The van der Waals surface area contributed by atoms with Crippen LogP contribution in [-0.4, -0.2) is 29.1 Å². The summed E-state index contributed by atoms with van der Waals surface area (Å²) in [7, 11) is 1.56. The van der Waals surface area contributed by atoms with Crippen LogP contribution in [0.3, 0.4) is 0 Å². The summed E-state index contributed by atoms with van der Waals surface area (Å²) < 4.78 is 5.43. The number of amides is 1. The summed E-state index contributed by atoms with van der Waals surface area (Å²) in [4.78, 5) is 26.7. The number of hydrogen-bond donors (Lipinski definition) is 2. The van der Waals surface area contributed by atoms with E-state index >= 15 is 0 Å². The number of rotatable bonds is 8. The fourth-order valence-corrected chi connectivity index (χ4v) is 3.99. The lowest BCUT2D eigenvalue weighted by Crippen LogP contribution is -2.12. The summed E-state index contributed by atoms with van der Waals surface area (Å²) in [5.41, 5.74) is 12.5. The summed E-state index contributed by atoms with van der Waals surface area (Å²) >= 11 is 1.35. The number of nitro groups is 1. The van der Waals surface area contributed by atoms with E-state index in [4.69, 9.17) is 10.5 Å². The van der Waals surface area contributed by atoms with E-state index in [1.165, 1.54) is 23.5 Å². The van der Waals surface area contributed by atoms with Gasteiger partial charge in [-0.05, 0) is 41.5 Å². The van der Waals surface area contributed by atoms with Crippen LogP contribution in [0.25, 0.3) is 22.4 Å². The number of nitrogens with zero attached hydrogens (tertiary/aromatic N) is 3. The number of anilines is 1. The number of hydrazone groups is 1. The first-order valence-corrected chi connectivity index (χ1v) is 10.9. The van der Waals surface area contributed by atoms with E-state index in [2.05, 4.69) is 15.5 Å². The molecule has 0 aliphatic carbocycles. The van der Waals surface area contributed by atoms with Gasteiger partial charge in [-0.15, -0.1) is 11.3 Å². The molecule has 1 aromatic heterocycles. The van der Waals surface area contributed by atoms with Crippen LogP contribution in [-0.2, 0) is 0 Å². The van der Waals surface area contributed by atoms with Crippen LogP contribution in [0.4, 0.5) is 10.8 Å². The zero-order valence-corrected chi connectivity index (χ0v) is 18.8. The van der Waals surface area contributed by atoms with Gasteiger partial charge >= 0.3 is 0 Å². The fraction of sp³-hybridized carbons (Fsp3) is 0.0417. The van der Waals surface area contributed by atoms with Gasteiger partial charge in [0.15, 0.2) is 0 Å². The molecular weight excluding hydrogens is 454 g/mol. The fourth-order valence-electron chi connectivity index (χ4n) is 3.32. The molecular formula is C24H19N5O4S. The highest BCUT2D eigenvalue weighted by Gasteiger charge is 2.12. The van der Waals surface area contributed by atoms with E-state index < -0.39 is 10.8 Å². The number of nitrogens with two attached hydrogens (primary N) is 1. The number of methoxy groups -OCH3 is 1. The van der Waals surface area contributed by atoms with Crippen molar-refractivity contribution in [2.24, 2.45) is 10.8 Å². The van der Waals surface area contributed by atoms with Gasteiger partial charge in [0.05, 0.1) is 23.9 Å². The highest BCUT2D eigenvalue weighted by Crippen LogP contribution is 2.29. The van der Waals surface area contributed by atoms with Crippen LogP contribution >= 0.6 is 11.3 Å². The molecule has 0 aliphatic rings. The van der Waals surface area contributed by atoms with Gasteiger partial charge < -0.3 is 10.5 Å². The topological polar surface area (TPSA) is 133 Å². The second-order valence-corrected chi connectivity index (χ2v) is 7.94. The predicted octanol–water partition coefficient (Wildman–Crippen LogP) is 4.94. The Bertz CT molecular complexity index is 1380. The van der Waals surface area contributed by atoms with Crippen molar-refractivity contribution in [3.8, 4) is 28.1 Å². The molecule has 34 heavy (non-hydrogen) atoms. The van der Waals surface area contributed by atoms with Gasteiger partial charge in [0.25, 0.3) is 5.69 Å². The quantitative estimate of drug-likeness (QED) is 0.212. The van der Waals surface area contributed by atoms with Crippen LogP contribution in [0.2, 0.25) is 0 Å². The van der Waals surface area contributed by atoms with Crippen LogP contribution in [0, 0.1) is 10.1 Å². The molecule has 1 amide bonds. The van der Waals surface area contributed by atoms with Crippen molar-refractivity contribution in [1.82, 2.24) is 4.98 Å². The molecule has 4 rings (SSSR count). The van der Waals surface area contributed by atoms with Crippen LogP contribution in [0.5, 0.6) is 5.75 Å². The lowest BCUT2D eigenvalue weighted by Gasteiger charge is -2.10. The van der Waals surface area contributed by atoms with Gasteiger partial charge in [-0.2, -0.15) is 5.10 Å². The van der Waals surface area contributed by atoms with Gasteiger partial charge in [0, 0.05) is 34.2 Å². The molecule has 0 atom stereocenters. The molecule has 0 bridgehead atoms. The number of thiazole rings is 1. The third-order valence-corrected chi connectivity index (χ3v) is 5.72. The monoisotopic (exact) mass is 473 g/mol. The van der Waals surface area contributed by atoms with Crippen LogP contribution < -0.4 is 15.9 Å². The van der Waals surface area contributed by atoms with Crippen LogP contribution in [0.15, 0.2) is 77.2 Å². The molecule has 0 spiro atoms. The summed E-state index contributed by atoms with van der Waals surface area (Å²) in [6, 6.07) is 18.8. The minimum absolute atomic E-state index is 0.0246. The summed E-state index contributed by atoms with van der Waals surface area (Å²) in [6.45, 7) is 0. The molecule has 0 aliphatic heterocycles. The SMILES string of the molecule is COc1ccc(-c2ccccc2C(N)=O)cc1/C=N/Nc1nc(-c2ccc([N+](=O)[O-])cc2)cs1. The van der Waals surface area contributed by atoms with Gasteiger partial charge in [-0.25, -0.2) is 4.98 Å². The van der Waals surface area contributed by atoms with Crippen molar-refractivity contribution in [1.29, 1.82) is 0 Å². The Balaban J connectivity index is 1.54. The first-order valence-electron chi connectivity index (χ1n) is 10.0.